The third-order valence-electron chi connectivity index (χ3n) is 1.21. The molecule has 0 saturated carbocycles. The lowest BCUT2D eigenvalue weighted by Crippen LogP contribution is -1.88. The number of hydrogen-bond acceptors (Lipinski definition) is 1. The van der Waals surface area contributed by atoms with Crippen molar-refractivity contribution in [3.8, 4) is 12.3 Å². The van der Waals surface area contributed by atoms with Crippen molar-refractivity contribution in [3.05, 3.63) is 29.8 Å². The first-order valence-corrected chi connectivity index (χ1v) is 3.93. The monoisotopic (exact) mass is 150 g/mol. The standard InChI is InChI=1S/C8H7OP/c1-2-7-3-5-8(10-9)6-4-7/h1,3-6H,10H2. The van der Waals surface area contributed by atoms with Crippen LogP contribution in [0.15, 0.2) is 24.3 Å². The molecular weight excluding hydrogens is 143 g/mol. The van der Waals surface area contributed by atoms with Gasteiger partial charge in [0.25, 0.3) is 0 Å². The maximum absolute atomic E-state index is 10.4. The van der Waals surface area contributed by atoms with Crippen LogP contribution in [0.25, 0.3) is 0 Å². The van der Waals surface area contributed by atoms with Gasteiger partial charge in [-0.25, -0.2) is 0 Å². The third-order valence-corrected chi connectivity index (χ3v) is 1.87. The Balaban J connectivity index is 3.04. The van der Waals surface area contributed by atoms with Crippen LogP contribution in [0.1, 0.15) is 5.56 Å². The molecule has 0 aromatic heterocycles. The van der Waals surface area contributed by atoms with E-state index < -0.39 is 8.46 Å². The highest BCUT2D eigenvalue weighted by Crippen LogP contribution is 1.98. The molecule has 1 nitrogen and oxygen atoms in total. The van der Waals surface area contributed by atoms with Crippen LogP contribution < -0.4 is 5.30 Å². The predicted octanol–water partition coefficient (Wildman–Crippen LogP) is 1.05. The minimum absolute atomic E-state index is 0.821. The molecule has 2 heteroatoms. The lowest BCUT2D eigenvalue weighted by Gasteiger charge is -1.89. The molecule has 0 spiro atoms. The minimum Gasteiger partial charge on any atom is -0.325 e. The number of rotatable bonds is 1. The van der Waals surface area contributed by atoms with E-state index in [0.717, 1.165) is 10.9 Å². The van der Waals surface area contributed by atoms with Gasteiger partial charge in [0, 0.05) is 10.9 Å². The normalized spacial score (nSPS) is 9.90. The van der Waals surface area contributed by atoms with Crippen LogP contribution in [-0.4, -0.2) is 0 Å². The summed E-state index contributed by atoms with van der Waals surface area (Å²) in [6.07, 6.45) is 5.12. The van der Waals surface area contributed by atoms with Gasteiger partial charge in [0.15, 0.2) is 0 Å². The van der Waals surface area contributed by atoms with Crippen molar-refractivity contribution in [1.82, 2.24) is 0 Å². The molecule has 1 aromatic carbocycles. The Morgan fingerprint density at radius 2 is 1.90 bits per heavy atom. The fourth-order valence-electron chi connectivity index (χ4n) is 0.658. The molecular formula is C8H7OP. The van der Waals surface area contributed by atoms with E-state index in [0.29, 0.717) is 0 Å². The molecule has 0 fully saturated rings. The van der Waals surface area contributed by atoms with Crippen molar-refractivity contribution in [2.24, 2.45) is 0 Å². The number of benzene rings is 1. The van der Waals surface area contributed by atoms with Crippen LogP contribution >= 0.6 is 8.46 Å². The summed E-state index contributed by atoms with van der Waals surface area (Å²) in [7, 11) is -0.821. The highest BCUT2D eigenvalue weighted by atomic mass is 31.1. The van der Waals surface area contributed by atoms with E-state index in [1.807, 2.05) is 0 Å². The quantitative estimate of drug-likeness (QED) is 0.432. The van der Waals surface area contributed by atoms with Gasteiger partial charge in [-0.05, 0) is 12.1 Å². The second-order valence-electron chi connectivity index (χ2n) is 1.88. The van der Waals surface area contributed by atoms with Gasteiger partial charge in [-0.15, -0.1) is 6.42 Å². The molecule has 0 N–H and O–H groups in total. The minimum atomic E-state index is -0.821. The van der Waals surface area contributed by atoms with Gasteiger partial charge in [0.1, 0.15) is 0 Å². The Hall–Kier alpha value is -0.990. The van der Waals surface area contributed by atoms with Crippen molar-refractivity contribution < 1.29 is 4.57 Å². The molecule has 0 aliphatic rings. The molecule has 0 aliphatic carbocycles. The van der Waals surface area contributed by atoms with Crippen molar-refractivity contribution in [2.45, 2.75) is 0 Å². The first-order chi connectivity index (χ1) is 4.86. The molecule has 0 saturated heterocycles. The summed E-state index contributed by atoms with van der Waals surface area (Å²) < 4.78 is 10.4. The summed E-state index contributed by atoms with van der Waals surface area (Å²) in [5.41, 5.74) is 0.830. The summed E-state index contributed by atoms with van der Waals surface area (Å²) in [4.78, 5) is 0. The summed E-state index contributed by atoms with van der Waals surface area (Å²) in [5.74, 6) is 2.49. The molecule has 1 rings (SSSR count). The van der Waals surface area contributed by atoms with Gasteiger partial charge < -0.3 is 4.57 Å². The van der Waals surface area contributed by atoms with Crippen LogP contribution in [-0.2, 0) is 4.57 Å². The average molecular weight is 150 g/mol. The highest BCUT2D eigenvalue weighted by molar-refractivity contribution is 7.34. The maximum Gasteiger partial charge on any atom is 0.0921 e. The first-order valence-electron chi connectivity index (χ1n) is 2.88. The zero-order chi connectivity index (χ0) is 7.40. The van der Waals surface area contributed by atoms with E-state index in [4.69, 9.17) is 6.42 Å². The van der Waals surface area contributed by atoms with Gasteiger partial charge in [-0.2, -0.15) is 0 Å². The van der Waals surface area contributed by atoms with Crippen LogP contribution in [0.4, 0.5) is 0 Å². The highest BCUT2D eigenvalue weighted by Gasteiger charge is 1.86. The zero-order valence-electron chi connectivity index (χ0n) is 5.37. The van der Waals surface area contributed by atoms with Crippen molar-refractivity contribution in [2.75, 3.05) is 0 Å². The third kappa shape index (κ3) is 1.50. The molecule has 50 valence electrons. The van der Waals surface area contributed by atoms with Crippen molar-refractivity contribution in [1.29, 1.82) is 0 Å². The lowest BCUT2D eigenvalue weighted by atomic mass is 10.2. The fourth-order valence-corrected chi connectivity index (χ4v) is 1.01. The molecule has 1 atom stereocenters. The van der Waals surface area contributed by atoms with Crippen LogP contribution in [0.2, 0.25) is 0 Å². The Kier molecular flexibility index (Phi) is 2.31. The van der Waals surface area contributed by atoms with Crippen LogP contribution in [0.5, 0.6) is 0 Å². The second-order valence-corrected chi connectivity index (χ2v) is 2.79. The smallest absolute Gasteiger partial charge is 0.0921 e. The van der Waals surface area contributed by atoms with Crippen LogP contribution in [0, 0.1) is 12.3 Å². The van der Waals surface area contributed by atoms with Crippen molar-refractivity contribution in [3.63, 3.8) is 0 Å². The summed E-state index contributed by atoms with van der Waals surface area (Å²) in [6, 6.07) is 7.16. The molecule has 0 bridgehead atoms. The van der Waals surface area contributed by atoms with Gasteiger partial charge in [0.05, 0.1) is 8.46 Å². The Morgan fingerprint density at radius 3 is 2.30 bits per heavy atom. The molecule has 0 amide bonds. The van der Waals surface area contributed by atoms with E-state index in [1.165, 1.54) is 0 Å². The van der Waals surface area contributed by atoms with Crippen LogP contribution in [0.3, 0.4) is 0 Å². The first kappa shape index (κ1) is 7.12. The summed E-state index contributed by atoms with van der Waals surface area (Å²) >= 11 is 0. The topological polar surface area (TPSA) is 17.1 Å². The summed E-state index contributed by atoms with van der Waals surface area (Å²) in [5, 5.41) is 0.860. The van der Waals surface area contributed by atoms with E-state index >= 15 is 0 Å². The van der Waals surface area contributed by atoms with E-state index in [9.17, 15) is 4.57 Å². The molecule has 0 radical (unpaired) electrons. The Labute approximate surface area is 61.3 Å². The predicted molar refractivity (Wildman–Crippen MR) is 44.4 cm³/mol. The zero-order valence-corrected chi connectivity index (χ0v) is 6.53. The maximum atomic E-state index is 10.4. The molecule has 1 unspecified atom stereocenters. The van der Waals surface area contributed by atoms with E-state index in [1.54, 1.807) is 24.3 Å². The molecule has 10 heavy (non-hydrogen) atoms. The van der Waals surface area contributed by atoms with Gasteiger partial charge in [-0.1, -0.05) is 18.1 Å². The van der Waals surface area contributed by atoms with Gasteiger partial charge >= 0.3 is 0 Å². The van der Waals surface area contributed by atoms with E-state index in [2.05, 4.69) is 5.92 Å². The number of hydrogen-bond donors (Lipinski definition) is 0. The molecule has 0 aliphatic heterocycles. The number of terminal acetylenes is 1. The summed E-state index contributed by atoms with van der Waals surface area (Å²) in [6.45, 7) is 0. The van der Waals surface area contributed by atoms with Gasteiger partial charge in [0.2, 0.25) is 0 Å². The lowest BCUT2D eigenvalue weighted by molar-refractivity contribution is 0.603. The Bertz CT molecular complexity index is 268. The SMILES string of the molecule is C#Cc1ccc([PH2]=O)cc1. The van der Waals surface area contributed by atoms with Gasteiger partial charge in [-0.3, -0.25) is 0 Å². The molecule has 0 heterocycles. The van der Waals surface area contributed by atoms with Crippen molar-refractivity contribution >= 4 is 13.8 Å². The fraction of sp³-hybridized carbons (Fsp3) is 0. The largest absolute Gasteiger partial charge is 0.325 e. The Morgan fingerprint density at radius 1 is 1.30 bits per heavy atom. The van der Waals surface area contributed by atoms with E-state index in [-0.39, 0.29) is 0 Å². The molecule has 1 aromatic rings. The second kappa shape index (κ2) is 3.25. The average Bonchev–Trinajstić information content (AvgIpc) is 2.05.